The van der Waals surface area contributed by atoms with Gasteiger partial charge in [-0.3, -0.25) is 0 Å². The topological polar surface area (TPSA) is 64.3 Å². The third kappa shape index (κ3) is 2.72. The summed E-state index contributed by atoms with van der Waals surface area (Å²) < 4.78 is 5.72. The smallest absolute Gasteiger partial charge is 0.137 e. The second-order valence-corrected chi connectivity index (χ2v) is 4.77. The molecule has 1 aliphatic heterocycles. The molecule has 0 amide bonds. The van der Waals surface area contributed by atoms with E-state index < -0.39 is 0 Å². The number of hydrogen-bond donors (Lipinski definition) is 1. The van der Waals surface area contributed by atoms with E-state index in [1.165, 1.54) is 0 Å². The Morgan fingerprint density at radius 1 is 1.39 bits per heavy atom. The van der Waals surface area contributed by atoms with Gasteiger partial charge in [0.2, 0.25) is 0 Å². The summed E-state index contributed by atoms with van der Waals surface area (Å²) in [6, 6.07) is 0. The van der Waals surface area contributed by atoms with Crippen molar-refractivity contribution in [2.45, 2.75) is 39.7 Å². The van der Waals surface area contributed by atoms with E-state index in [1.807, 2.05) is 20.8 Å². The molecule has 1 aliphatic rings. The number of hydrogen-bond acceptors (Lipinski definition) is 5. The normalized spacial score (nSPS) is 20.2. The highest BCUT2D eigenvalue weighted by Crippen LogP contribution is 2.25. The molecule has 1 saturated heterocycles. The Balaban J connectivity index is 2.20. The number of nitrogens with two attached hydrogens (primary N) is 1. The summed E-state index contributed by atoms with van der Waals surface area (Å²) in [7, 11) is 0. The fourth-order valence-corrected chi connectivity index (χ4v) is 2.45. The number of piperidine rings is 1. The highest BCUT2D eigenvalue weighted by Gasteiger charge is 2.23. The third-order valence-electron chi connectivity index (χ3n) is 3.35. The van der Waals surface area contributed by atoms with Crippen molar-refractivity contribution in [1.29, 1.82) is 0 Å². The molecular formula is C13H22N4O. The molecule has 18 heavy (non-hydrogen) atoms. The van der Waals surface area contributed by atoms with Crippen LogP contribution in [0.5, 0.6) is 0 Å². The Kier molecular flexibility index (Phi) is 4.01. The number of rotatable bonds is 3. The summed E-state index contributed by atoms with van der Waals surface area (Å²) in [6.45, 7) is 8.57. The standard InChI is InChI=1S/C13H22N4O/c1-4-18-11-6-5-7-17(8-11)13-9(2)12(14)15-10(3)16-13/h11H,4-8H2,1-3H3,(H2,14,15,16). The molecule has 0 bridgehead atoms. The minimum Gasteiger partial charge on any atom is -0.383 e. The minimum absolute atomic E-state index is 0.305. The molecule has 1 aromatic heterocycles. The maximum Gasteiger partial charge on any atom is 0.137 e. The summed E-state index contributed by atoms with van der Waals surface area (Å²) in [5.41, 5.74) is 6.88. The first-order valence-electron chi connectivity index (χ1n) is 6.59. The SMILES string of the molecule is CCOC1CCCN(c2nc(C)nc(N)c2C)C1. The van der Waals surface area contributed by atoms with E-state index in [4.69, 9.17) is 10.5 Å². The van der Waals surface area contributed by atoms with E-state index in [2.05, 4.69) is 14.9 Å². The number of nitrogen functional groups attached to an aromatic ring is 1. The van der Waals surface area contributed by atoms with Crippen LogP contribution in [0.3, 0.4) is 0 Å². The third-order valence-corrected chi connectivity index (χ3v) is 3.35. The van der Waals surface area contributed by atoms with Crippen LogP contribution in [0.2, 0.25) is 0 Å². The minimum atomic E-state index is 0.305. The quantitative estimate of drug-likeness (QED) is 0.884. The van der Waals surface area contributed by atoms with Gasteiger partial charge >= 0.3 is 0 Å². The monoisotopic (exact) mass is 250 g/mol. The lowest BCUT2D eigenvalue weighted by Gasteiger charge is -2.34. The van der Waals surface area contributed by atoms with Crippen molar-refractivity contribution in [3.63, 3.8) is 0 Å². The van der Waals surface area contributed by atoms with Crippen molar-refractivity contribution in [3.8, 4) is 0 Å². The van der Waals surface area contributed by atoms with Gasteiger partial charge in [-0.05, 0) is 33.6 Å². The van der Waals surface area contributed by atoms with Crippen LogP contribution in [-0.4, -0.2) is 35.8 Å². The summed E-state index contributed by atoms with van der Waals surface area (Å²) in [4.78, 5) is 11.0. The van der Waals surface area contributed by atoms with Crippen LogP contribution in [0.15, 0.2) is 0 Å². The van der Waals surface area contributed by atoms with Crippen LogP contribution < -0.4 is 10.6 Å². The predicted octanol–water partition coefficient (Wildman–Crippen LogP) is 1.68. The van der Waals surface area contributed by atoms with Crippen molar-refractivity contribution in [2.75, 3.05) is 30.3 Å². The van der Waals surface area contributed by atoms with E-state index in [9.17, 15) is 0 Å². The van der Waals surface area contributed by atoms with Crippen molar-refractivity contribution in [3.05, 3.63) is 11.4 Å². The number of nitrogens with zero attached hydrogens (tertiary/aromatic N) is 3. The van der Waals surface area contributed by atoms with Crippen molar-refractivity contribution >= 4 is 11.6 Å². The Labute approximate surface area is 108 Å². The predicted molar refractivity (Wildman–Crippen MR) is 72.8 cm³/mol. The van der Waals surface area contributed by atoms with Crippen LogP contribution in [0.1, 0.15) is 31.2 Å². The molecule has 0 radical (unpaired) electrons. The molecular weight excluding hydrogens is 228 g/mol. The van der Waals surface area contributed by atoms with E-state index in [0.29, 0.717) is 11.9 Å². The van der Waals surface area contributed by atoms with Gasteiger partial charge in [-0.2, -0.15) is 0 Å². The van der Waals surface area contributed by atoms with Crippen LogP contribution in [0, 0.1) is 13.8 Å². The van der Waals surface area contributed by atoms with Crippen molar-refractivity contribution < 1.29 is 4.74 Å². The number of aryl methyl sites for hydroxylation is 1. The van der Waals surface area contributed by atoms with Gasteiger partial charge in [-0.25, -0.2) is 9.97 Å². The molecule has 0 aromatic carbocycles. The van der Waals surface area contributed by atoms with Gasteiger partial charge in [0.15, 0.2) is 0 Å². The molecule has 2 heterocycles. The lowest BCUT2D eigenvalue weighted by molar-refractivity contribution is 0.0525. The van der Waals surface area contributed by atoms with Gasteiger partial charge in [0, 0.05) is 25.3 Å². The molecule has 1 aromatic rings. The maximum absolute atomic E-state index is 5.91. The van der Waals surface area contributed by atoms with Crippen molar-refractivity contribution in [2.24, 2.45) is 0 Å². The Bertz CT molecular complexity index is 420. The largest absolute Gasteiger partial charge is 0.383 e. The number of anilines is 2. The van der Waals surface area contributed by atoms with E-state index in [-0.39, 0.29) is 0 Å². The fraction of sp³-hybridized carbons (Fsp3) is 0.692. The molecule has 5 nitrogen and oxygen atoms in total. The van der Waals surface area contributed by atoms with Gasteiger partial charge < -0.3 is 15.4 Å². The first kappa shape index (κ1) is 13.1. The first-order valence-corrected chi connectivity index (χ1v) is 6.59. The zero-order valence-electron chi connectivity index (χ0n) is 11.4. The second-order valence-electron chi connectivity index (χ2n) is 4.77. The zero-order valence-corrected chi connectivity index (χ0v) is 11.4. The molecule has 0 spiro atoms. The van der Waals surface area contributed by atoms with Gasteiger partial charge in [0.05, 0.1) is 6.10 Å². The van der Waals surface area contributed by atoms with E-state index >= 15 is 0 Å². The van der Waals surface area contributed by atoms with Gasteiger partial charge in [0.25, 0.3) is 0 Å². The summed E-state index contributed by atoms with van der Waals surface area (Å²) >= 11 is 0. The van der Waals surface area contributed by atoms with Crippen LogP contribution in [0.4, 0.5) is 11.6 Å². The van der Waals surface area contributed by atoms with Gasteiger partial charge in [-0.1, -0.05) is 0 Å². The fourth-order valence-electron chi connectivity index (χ4n) is 2.45. The van der Waals surface area contributed by atoms with Gasteiger partial charge in [-0.15, -0.1) is 0 Å². The molecule has 100 valence electrons. The summed E-state index contributed by atoms with van der Waals surface area (Å²) in [5, 5.41) is 0. The van der Waals surface area contributed by atoms with Crippen LogP contribution in [0.25, 0.3) is 0 Å². The molecule has 5 heteroatoms. The Morgan fingerprint density at radius 2 is 2.17 bits per heavy atom. The Hall–Kier alpha value is -1.36. The summed E-state index contributed by atoms with van der Waals surface area (Å²) in [6.07, 6.45) is 2.57. The van der Waals surface area contributed by atoms with Gasteiger partial charge in [0.1, 0.15) is 17.5 Å². The average Bonchev–Trinajstić information content (AvgIpc) is 2.34. The molecule has 0 saturated carbocycles. The molecule has 1 unspecified atom stereocenters. The molecule has 2 rings (SSSR count). The van der Waals surface area contributed by atoms with Crippen LogP contribution in [-0.2, 0) is 4.74 Å². The first-order chi connectivity index (χ1) is 8.61. The highest BCUT2D eigenvalue weighted by molar-refractivity contribution is 5.56. The zero-order chi connectivity index (χ0) is 13.1. The Morgan fingerprint density at radius 3 is 2.89 bits per heavy atom. The molecule has 1 fully saturated rings. The van der Waals surface area contributed by atoms with E-state index in [0.717, 1.165) is 49.7 Å². The lowest BCUT2D eigenvalue weighted by atomic mass is 10.1. The second kappa shape index (κ2) is 5.52. The molecule has 0 aliphatic carbocycles. The molecule has 1 atom stereocenters. The van der Waals surface area contributed by atoms with Crippen molar-refractivity contribution in [1.82, 2.24) is 9.97 Å². The number of ether oxygens (including phenoxy) is 1. The lowest BCUT2D eigenvalue weighted by Crippen LogP contribution is -2.40. The van der Waals surface area contributed by atoms with Crippen LogP contribution >= 0.6 is 0 Å². The number of aromatic nitrogens is 2. The maximum atomic E-state index is 5.91. The van der Waals surface area contributed by atoms with E-state index in [1.54, 1.807) is 0 Å². The summed E-state index contributed by atoms with van der Waals surface area (Å²) in [5.74, 6) is 2.27. The average molecular weight is 250 g/mol. The molecule has 2 N–H and O–H groups in total. The highest BCUT2D eigenvalue weighted by atomic mass is 16.5.